The van der Waals surface area contributed by atoms with Crippen molar-refractivity contribution >= 4 is 33.3 Å². The minimum atomic E-state index is 0.125. The van der Waals surface area contributed by atoms with Crippen LogP contribution < -0.4 is 5.56 Å². The van der Waals surface area contributed by atoms with E-state index >= 15 is 0 Å². The van der Waals surface area contributed by atoms with Crippen LogP contribution in [0.2, 0.25) is 0 Å². The second kappa shape index (κ2) is 7.22. The number of hydrogen-bond donors (Lipinski definition) is 0. The fourth-order valence-corrected chi connectivity index (χ4v) is 5.47. The third kappa shape index (κ3) is 3.26. The lowest BCUT2D eigenvalue weighted by Gasteiger charge is -2.18. The third-order valence-electron chi connectivity index (χ3n) is 4.42. The normalized spacial score (nSPS) is 17.4. The topological polar surface area (TPSA) is 34.9 Å². The van der Waals surface area contributed by atoms with Gasteiger partial charge in [-0.15, -0.1) is 17.9 Å². The molecule has 0 unspecified atom stereocenters. The van der Waals surface area contributed by atoms with Gasteiger partial charge in [-0.3, -0.25) is 9.36 Å². The molecule has 1 aliphatic rings. The summed E-state index contributed by atoms with van der Waals surface area (Å²) in [7, 11) is 0. The Morgan fingerprint density at radius 3 is 3.09 bits per heavy atom. The molecule has 2 aromatic heterocycles. The van der Waals surface area contributed by atoms with E-state index in [-0.39, 0.29) is 5.56 Å². The molecule has 0 aromatic carbocycles. The Hall–Kier alpha value is -1.07. The Kier molecular flexibility index (Phi) is 5.27. The summed E-state index contributed by atoms with van der Waals surface area (Å²) in [5.41, 5.74) is 1.39. The Balaban J connectivity index is 2.12. The van der Waals surface area contributed by atoms with Crippen molar-refractivity contribution in [2.24, 2.45) is 5.92 Å². The Morgan fingerprint density at radius 1 is 1.52 bits per heavy atom. The predicted octanol–water partition coefficient (Wildman–Crippen LogP) is 4.66. The summed E-state index contributed by atoms with van der Waals surface area (Å²) in [5.74, 6) is 1.67. The van der Waals surface area contributed by atoms with Crippen molar-refractivity contribution in [1.29, 1.82) is 0 Å². The molecule has 124 valence electrons. The van der Waals surface area contributed by atoms with Crippen LogP contribution in [0.15, 0.2) is 22.6 Å². The highest BCUT2D eigenvalue weighted by atomic mass is 32.2. The number of rotatable bonds is 6. The minimum Gasteiger partial charge on any atom is -0.283 e. The van der Waals surface area contributed by atoms with Crippen LogP contribution in [-0.4, -0.2) is 15.3 Å². The molecule has 3 nitrogen and oxygen atoms in total. The summed E-state index contributed by atoms with van der Waals surface area (Å²) in [6.45, 7) is 8.80. The molecule has 2 heterocycles. The number of aryl methyl sites for hydroxylation is 1. The summed E-state index contributed by atoms with van der Waals surface area (Å²) in [5, 5.41) is 1.72. The van der Waals surface area contributed by atoms with Gasteiger partial charge < -0.3 is 0 Å². The molecular weight excluding hydrogens is 324 g/mol. The maximum Gasteiger partial charge on any atom is 0.263 e. The average Bonchev–Trinajstić information content (AvgIpc) is 2.88. The van der Waals surface area contributed by atoms with Gasteiger partial charge in [-0.2, -0.15) is 0 Å². The van der Waals surface area contributed by atoms with Gasteiger partial charge >= 0.3 is 0 Å². The van der Waals surface area contributed by atoms with E-state index in [1.165, 1.54) is 16.9 Å². The van der Waals surface area contributed by atoms with Gasteiger partial charge in [0.05, 0.1) is 5.39 Å². The smallest absolute Gasteiger partial charge is 0.263 e. The Labute approximate surface area is 145 Å². The van der Waals surface area contributed by atoms with Crippen LogP contribution in [0.4, 0.5) is 0 Å². The molecule has 1 atom stereocenters. The molecule has 0 saturated carbocycles. The lowest BCUT2D eigenvalue weighted by molar-refractivity contribution is 0.508. The van der Waals surface area contributed by atoms with Gasteiger partial charge in [-0.25, -0.2) is 4.98 Å². The van der Waals surface area contributed by atoms with Crippen LogP contribution in [0.1, 0.15) is 43.6 Å². The van der Waals surface area contributed by atoms with Crippen molar-refractivity contribution in [2.45, 2.75) is 57.7 Å². The van der Waals surface area contributed by atoms with Crippen LogP contribution in [-0.2, 0) is 19.4 Å². The number of thiophene rings is 1. The van der Waals surface area contributed by atoms with Gasteiger partial charge in [-0.05, 0) is 37.2 Å². The second-order valence-corrected chi connectivity index (χ2v) is 8.48. The average molecular weight is 349 g/mol. The van der Waals surface area contributed by atoms with Crippen LogP contribution in [0, 0.1) is 5.92 Å². The van der Waals surface area contributed by atoms with E-state index in [0.717, 1.165) is 46.8 Å². The van der Waals surface area contributed by atoms with Gasteiger partial charge in [0.25, 0.3) is 5.56 Å². The maximum atomic E-state index is 13.1. The molecule has 0 saturated heterocycles. The van der Waals surface area contributed by atoms with E-state index in [9.17, 15) is 4.79 Å². The van der Waals surface area contributed by atoms with Crippen LogP contribution >= 0.6 is 23.1 Å². The molecule has 0 amide bonds. The molecule has 2 aromatic rings. The van der Waals surface area contributed by atoms with Crippen molar-refractivity contribution in [3.05, 3.63) is 33.4 Å². The molecule has 0 spiro atoms. The van der Waals surface area contributed by atoms with E-state index in [1.54, 1.807) is 29.2 Å². The Bertz CT molecular complexity index is 775. The monoisotopic (exact) mass is 348 g/mol. The Morgan fingerprint density at radius 2 is 2.35 bits per heavy atom. The number of unbranched alkanes of at least 4 members (excludes halogenated alkanes) is 1. The predicted molar refractivity (Wildman–Crippen MR) is 101 cm³/mol. The first-order chi connectivity index (χ1) is 11.2. The number of hydrogen-bond acceptors (Lipinski definition) is 4. The quantitative estimate of drug-likeness (QED) is 0.329. The summed E-state index contributed by atoms with van der Waals surface area (Å²) >= 11 is 3.43. The summed E-state index contributed by atoms with van der Waals surface area (Å²) in [6.07, 6.45) is 7.43. The van der Waals surface area contributed by atoms with Crippen LogP contribution in [0.3, 0.4) is 0 Å². The summed E-state index contributed by atoms with van der Waals surface area (Å²) < 4.78 is 1.81. The second-order valence-electron chi connectivity index (χ2n) is 6.33. The van der Waals surface area contributed by atoms with Crippen LogP contribution in [0.5, 0.6) is 0 Å². The zero-order valence-corrected chi connectivity index (χ0v) is 15.6. The highest BCUT2D eigenvalue weighted by Gasteiger charge is 2.24. The van der Waals surface area contributed by atoms with Crippen LogP contribution in [0.25, 0.3) is 10.2 Å². The summed E-state index contributed by atoms with van der Waals surface area (Å²) in [4.78, 5) is 20.2. The lowest BCUT2D eigenvalue weighted by Crippen LogP contribution is -2.23. The summed E-state index contributed by atoms with van der Waals surface area (Å²) in [6, 6.07) is 0. The molecule has 5 heteroatoms. The molecule has 0 bridgehead atoms. The largest absolute Gasteiger partial charge is 0.283 e. The van der Waals surface area contributed by atoms with Crippen molar-refractivity contribution in [2.75, 3.05) is 5.75 Å². The maximum absolute atomic E-state index is 13.1. The first-order valence-electron chi connectivity index (χ1n) is 8.44. The van der Waals surface area contributed by atoms with Crippen molar-refractivity contribution < 1.29 is 0 Å². The molecule has 0 N–H and O–H groups in total. The van der Waals surface area contributed by atoms with E-state index in [2.05, 4.69) is 20.4 Å². The molecule has 23 heavy (non-hydrogen) atoms. The number of allylic oxidation sites excluding steroid dienone is 1. The van der Waals surface area contributed by atoms with Gasteiger partial charge in [0.15, 0.2) is 5.16 Å². The van der Waals surface area contributed by atoms with Gasteiger partial charge in [0.2, 0.25) is 0 Å². The van der Waals surface area contributed by atoms with Gasteiger partial charge in [-0.1, -0.05) is 38.1 Å². The standard InChI is InChI=1S/C18H24N2OS2/c1-4-6-10-22-18-19-16-15(17(21)20(18)9-5-2)13-11-12(3)7-8-14(13)23-16/h5,12H,2,4,6-11H2,1,3H3/t12-/m1/s1. The first kappa shape index (κ1) is 16.8. The molecule has 0 radical (unpaired) electrons. The van der Waals surface area contributed by atoms with E-state index < -0.39 is 0 Å². The minimum absolute atomic E-state index is 0.125. The van der Waals surface area contributed by atoms with E-state index in [1.807, 2.05) is 4.57 Å². The number of nitrogens with zero attached hydrogens (tertiary/aromatic N) is 2. The van der Waals surface area contributed by atoms with Crippen molar-refractivity contribution in [3.63, 3.8) is 0 Å². The molecule has 1 aliphatic carbocycles. The molecular formula is C18H24N2OS2. The lowest BCUT2D eigenvalue weighted by atomic mass is 9.89. The number of aromatic nitrogens is 2. The van der Waals surface area contributed by atoms with E-state index in [4.69, 9.17) is 4.98 Å². The zero-order valence-electron chi connectivity index (χ0n) is 13.9. The molecule has 0 aliphatic heterocycles. The van der Waals surface area contributed by atoms with Crippen molar-refractivity contribution in [3.8, 4) is 0 Å². The fourth-order valence-electron chi connectivity index (χ4n) is 3.12. The van der Waals surface area contributed by atoms with Gasteiger partial charge in [0.1, 0.15) is 4.83 Å². The number of thioether (sulfide) groups is 1. The zero-order chi connectivity index (χ0) is 16.4. The highest BCUT2D eigenvalue weighted by Crippen LogP contribution is 2.36. The third-order valence-corrected chi connectivity index (χ3v) is 6.67. The van der Waals surface area contributed by atoms with Crippen molar-refractivity contribution in [1.82, 2.24) is 9.55 Å². The molecule has 3 rings (SSSR count). The fraction of sp³-hybridized carbons (Fsp3) is 0.556. The van der Waals surface area contributed by atoms with E-state index in [0.29, 0.717) is 12.5 Å². The number of fused-ring (bicyclic) bond motifs is 3. The SMILES string of the molecule is C=CCn1c(SCCCC)nc2sc3c(c2c1=O)C[C@H](C)CC3. The first-order valence-corrected chi connectivity index (χ1v) is 10.2. The van der Waals surface area contributed by atoms with Gasteiger partial charge in [0, 0.05) is 17.2 Å². The molecule has 0 fully saturated rings. The highest BCUT2D eigenvalue weighted by molar-refractivity contribution is 7.99.